The largest absolute Gasteiger partial charge is 0.373 e. The molecule has 2 rings (SSSR count). The lowest BCUT2D eigenvalue weighted by Gasteiger charge is -2.14. The number of aromatic nitrogens is 2. The number of hydrogen-bond donors (Lipinski definition) is 2. The SMILES string of the molecule is CCCc1nc(NC)cc(NCC2(SC)CC2)n1. The van der Waals surface area contributed by atoms with Crippen molar-refractivity contribution in [3.05, 3.63) is 11.9 Å². The molecule has 1 aliphatic rings. The van der Waals surface area contributed by atoms with Crippen LogP contribution < -0.4 is 10.6 Å². The van der Waals surface area contributed by atoms with Gasteiger partial charge in [0, 0.05) is 30.8 Å². The van der Waals surface area contributed by atoms with Gasteiger partial charge in [-0.2, -0.15) is 11.8 Å². The molecule has 0 unspecified atom stereocenters. The van der Waals surface area contributed by atoms with Crippen LogP contribution in [0, 0.1) is 0 Å². The van der Waals surface area contributed by atoms with Crippen LogP contribution in [-0.4, -0.2) is 34.6 Å². The zero-order chi connectivity index (χ0) is 13.0. The van der Waals surface area contributed by atoms with Gasteiger partial charge in [-0.25, -0.2) is 9.97 Å². The van der Waals surface area contributed by atoms with Gasteiger partial charge in [-0.1, -0.05) is 6.92 Å². The van der Waals surface area contributed by atoms with Gasteiger partial charge < -0.3 is 10.6 Å². The van der Waals surface area contributed by atoms with E-state index in [4.69, 9.17) is 0 Å². The molecule has 1 heterocycles. The van der Waals surface area contributed by atoms with Crippen LogP contribution in [0.1, 0.15) is 32.0 Å². The van der Waals surface area contributed by atoms with E-state index in [0.29, 0.717) is 4.75 Å². The highest BCUT2D eigenvalue weighted by Gasteiger charge is 2.41. The summed E-state index contributed by atoms with van der Waals surface area (Å²) in [6, 6.07) is 1.98. The van der Waals surface area contributed by atoms with Crippen LogP contribution in [0.5, 0.6) is 0 Å². The Balaban J connectivity index is 2.04. The van der Waals surface area contributed by atoms with Gasteiger partial charge in [-0.3, -0.25) is 0 Å². The zero-order valence-corrected chi connectivity index (χ0v) is 12.2. The second kappa shape index (κ2) is 5.78. The normalized spacial score (nSPS) is 16.4. The molecule has 0 aromatic carbocycles. The van der Waals surface area contributed by atoms with E-state index in [0.717, 1.165) is 36.8 Å². The zero-order valence-electron chi connectivity index (χ0n) is 11.4. The summed E-state index contributed by atoms with van der Waals surface area (Å²) in [6.45, 7) is 3.15. The third-order valence-electron chi connectivity index (χ3n) is 3.33. The highest BCUT2D eigenvalue weighted by Crippen LogP contribution is 2.46. The Hall–Kier alpha value is -0.970. The van der Waals surface area contributed by atoms with Gasteiger partial charge in [0.15, 0.2) is 0 Å². The average Bonchev–Trinajstić information content (AvgIpc) is 3.17. The molecule has 18 heavy (non-hydrogen) atoms. The van der Waals surface area contributed by atoms with E-state index < -0.39 is 0 Å². The van der Waals surface area contributed by atoms with Crippen molar-refractivity contribution < 1.29 is 0 Å². The second-order valence-corrected chi connectivity index (χ2v) is 6.07. The third kappa shape index (κ3) is 3.28. The number of nitrogens with zero attached hydrogens (tertiary/aromatic N) is 2. The Morgan fingerprint density at radius 3 is 2.61 bits per heavy atom. The highest BCUT2D eigenvalue weighted by atomic mass is 32.2. The molecule has 5 heteroatoms. The summed E-state index contributed by atoms with van der Waals surface area (Å²) in [4.78, 5) is 9.02. The minimum atomic E-state index is 0.454. The van der Waals surface area contributed by atoms with E-state index in [1.54, 1.807) is 0 Å². The predicted octanol–water partition coefficient (Wildman–Crippen LogP) is 2.78. The molecule has 100 valence electrons. The summed E-state index contributed by atoms with van der Waals surface area (Å²) >= 11 is 1.96. The summed E-state index contributed by atoms with van der Waals surface area (Å²) in [5.41, 5.74) is 0. The summed E-state index contributed by atoms with van der Waals surface area (Å²) < 4.78 is 0.454. The molecule has 1 saturated carbocycles. The molecule has 0 saturated heterocycles. The van der Waals surface area contributed by atoms with Crippen LogP contribution in [0.3, 0.4) is 0 Å². The van der Waals surface area contributed by atoms with Crippen molar-refractivity contribution in [2.24, 2.45) is 0 Å². The van der Waals surface area contributed by atoms with Gasteiger partial charge in [0.2, 0.25) is 0 Å². The molecule has 4 nitrogen and oxygen atoms in total. The lowest BCUT2D eigenvalue weighted by molar-refractivity contribution is 0.832. The lowest BCUT2D eigenvalue weighted by atomic mass is 10.3. The summed E-state index contributed by atoms with van der Waals surface area (Å²) in [5, 5.41) is 6.56. The third-order valence-corrected chi connectivity index (χ3v) is 4.75. The first-order valence-corrected chi connectivity index (χ1v) is 7.78. The number of hydrogen-bond acceptors (Lipinski definition) is 5. The molecule has 1 aromatic heterocycles. The van der Waals surface area contributed by atoms with E-state index >= 15 is 0 Å². The Morgan fingerprint density at radius 2 is 2.06 bits per heavy atom. The van der Waals surface area contributed by atoms with E-state index in [1.807, 2.05) is 24.9 Å². The quantitative estimate of drug-likeness (QED) is 0.795. The minimum absolute atomic E-state index is 0.454. The number of rotatable bonds is 7. The minimum Gasteiger partial charge on any atom is -0.373 e. The maximum Gasteiger partial charge on any atom is 0.133 e. The smallest absolute Gasteiger partial charge is 0.133 e. The first kappa shape index (κ1) is 13.5. The number of nitrogens with one attached hydrogen (secondary N) is 2. The summed E-state index contributed by atoms with van der Waals surface area (Å²) in [7, 11) is 1.89. The molecular weight excluding hydrogens is 244 g/mol. The predicted molar refractivity (Wildman–Crippen MR) is 79.5 cm³/mol. The van der Waals surface area contributed by atoms with Crippen molar-refractivity contribution >= 4 is 23.4 Å². The van der Waals surface area contributed by atoms with Crippen molar-refractivity contribution in [3.8, 4) is 0 Å². The number of thioether (sulfide) groups is 1. The number of anilines is 2. The lowest BCUT2D eigenvalue weighted by Crippen LogP contribution is -2.18. The van der Waals surface area contributed by atoms with Crippen LogP contribution in [0.15, 0.2) is 6.07 Å². The van der Waals surface area contributed by atoms with Crippen LogP contribution in [0.2, 0.25) is 0 Å². The average molecular weight is 266 g/mol. The Bertz CT molecular complexity index is 404. The second-order valence-electron chi connectivity index (χ2n) is 4.80. The van der Waals surface area contributed by atoms with Crippen LogP contribution >= 0.6 is 11.8 Å². The number of aryl methyl sites for hydroxylation is 1. The Labute approximate surface area is 113 Å². The molecule has 0 radical (unpaired) electrons. The summed E-state index contributed by atoms with van der Waals surface area (Å²) in [5.74, 6) is 2.75. The van der Waals surface area contributed by atoms with Gasteiger partial charge in [0.25, 0.3) is 0 Å². The Morgan fingerprint density at radius 1 is 1.33 bits per heavy atom. The van der Waals surface area contributed by atoms with Gasteiger partial charge in [-0.05, 0) is 25.5 Å². The monoisotopic (exact) mass is 266 g/mol. The molecule has 2 N–H and O–H groups in total. The van der Waals surface area contributed by atoms with Crippen molar-refractivity contribution in [2.45, 2.75) is 37.4 Å². The fourth-order valence-corrected chi connectivity index (χ4v) is 2.62. The van der Waals surface area contributed by atoms with E-state index in [-0.39, 0.29) is 0 Å². The van der Waals surface area contributed by atoms with Crippen molar-refractivity contribution in [3.63, 3.8) is 0 Å². The van der Waals surface area contributed by atoms with Crippen LogP contribution in [-0.2, 0) is 6.42 Å². The molecule has 1 aromatic rings. The van der Waals surface area contributed by atoms with Gasteiger partial charge in [-0.15, -0.1) is 0 Å². The van der Waals surface area contributed by atoms with E-state index in [2.05, 4.69) is 33.8 Å². The van der Waals surface area contributed by atoms with Crippen molar-refractivity contribution in [2.75, 3.05) is 30.5 Å². The van der Waals surface area contributed by atoms with Gasteiger partial charge >= 0.3 is 0 Å². The molecule has 0 bridgehead atoms. The molecule has 1 aliphatic carbocycles. The highest BCUT2D eigenvalue weighted by molar-refractivity contribution is 8.00. The van der Waals surface area contributed by atoms with Crippen LogP contribution in [0.25, 0.3) is 0 Å². The fourth-order valence-electron chi connectivity index (χ4n) is 1.90. The fraction of sp³-hybridized carbons (Fsp3) is 0.692. The first-order valence-electron chi connectivity index (χ1n) is 6.56. The van der Waals surface area contributed by atoms with Gasteiger partial charge in [0.05, 0.1) is 0 Å². The molecule has 0 atom stereocenters. The molecular formula is C13H22N4S. The maximum absolute atomic E-state index is 4.56. The Kier molecular flexibility index (Phi) is 4.32. The van der Waals surface area contributed by atoms with E-state index in [1.165, 1.54) is 12.8 Å². The standard InChI is InChI=1S/C13H22N4S/c1-4-5-10-16-11(14-2)8-12(17-10)15-9-13(18-3)6-7-13/h8H,4-7,9H2,1-3H3,(H2,14,15,16,17). The molecule has 0 aliphatic heterocycles. The topological polar surface area (TPSA) is 49.8 Å². The van der Waals surface area contributed by atoms with Gasteiger partial charge in [0.1, 0.15) is 17.5 Å². The van der Waals surface area contributed by atoms with Crippen molar-refractivity contribution in [1.82, 2.24) is 9.97 Å². The van der Waals surface area contributed by atoms with Crippen molar-refractivity contribution in [1.29, 1.82) is 0 Å². The van der Waals surface area contributed by atoms with Crippen LogP contribution in [0.4, 0.5) is 11.6 Å². The summed E-state index contributed by atoms with van der Waals surface area (Å²) in [6.07, 6.45) is 6.81. The first-order chi connectivity index (χ1) is 8.71. The van der Waals surface area contributed by atoms with E-state index in [9.17, 15) is 0 Å². The molecule has 1 fully saturated rings. The maximum atomic E-state index is 4.56. The molecule has 0 amide bonds. The molecule has 0 spiro atoms.